The molecule has 0 aliphatic carbocycles. The summed E-state index contributed by atoms with van der Waals surface area (Å²) in [5.41, 5.74) is 3.05. The van der Waals surface area contributed by atoms with Crippen LogP contribution in [0.3, 0.4) is 0 Å². The minimum absolute atomic E-state index is 0.227. The number of anilines is 1. The third kappa shape index (κ3) is 4.23. The Bertz CT molecular complexity index is 1370. The number of thiazole rings is 1. The molecule has 0 unspecified atom stereocenters. The van der Waals surface area contributed by atoms with Gasteiger partial charge in [0.1, 0.15) is 9.88 Å². The van der Waals surface area contributed by atoms with Crippen LogP contribution in [0, 0.1) is 20.8 Å². The van der Waals surface area contributed by atoms with Crippen molar-refractivity contribution >= 4 is 34.7 Å². The zero-order valence-corrected chi connectivity index (χ0v) is 20.0. The Hall–Kier alpha value is -3.24. The van der Waals surface area contributed by atoms with Crippen molar-refractivity contribution in [3.63, 3.8) is 0 Å². The van der Waals surface area contributed by atoms with Crippen LogP contribution >= 0.6 is 23.1 Å². The molecule has 3 heterocycles. The molecule has 0 spiro atoms. The molecule has 0 aliphatic heterocycles. The van der Waals surface area contributed by atoms with Crippen molar-refractivity contribution in [2.45, 2.75) is 30.8 Å². The van der Waals surface area contributed by atoms with E-state index in [2.05, 4.69) is 20.4 Å². The maximum Gasteiger partial charge on any atom is 0.277 e. The number of nitrogens with one attached hydrogen (secondary N) is 1. The van der Waals surface area contributed by atoms with Crippen LogP contribution in [0.4, 0.5) is 5.69 Å². The number of carbonyl (C=O) groups excluding carboxylic acids is 1. The van der Waals surface area contributed by atoms with Gasteiger partial charge >= 0.3 is 0 Å². The van der Waals surface area contributed by atoms with Gasteiger partial charge in [0, 0.05) is 37.1 Å². The van der Waals surface area contributed by atoms with Gasteiger partial charge in [-0.2, -0.15) is 5.10 Å². The molecular formula is C22H22N6O2S2. The van der Waals surface area contributed by atoms with Crippen molar-refractivity contribution in [2.75, 3.05) is 5.32 Å². The molecule has 0 aliphatic rings. The first kappa shape index (κ1) is 22.0. The summed E-state index contributed by atoms with van der Waals surface area (Å²) in [4.78, 5) is 35.9. The number of rotatable bonds is 5. The zero-order chi connectivity index (χ0) is 23.0. The monoisotopic (exact) mass is 466 g/mol. The van der Waals surface area contributed by atoms with Gasteiger partial charge in [-0.05, 0) is 50.6 Å². The first-order chi connectivity index (χ1) is 15.2. The van der Waals surface area contributed by atoms with Crippen molar-refractivity contribution in [1.82, 2.24) is 24.3 Å². The first-order valence-electron chi connectivity index (χ1n) is 9.83. The van der Waals surface area contributed by atoms with Crippen molar-refractivity contribution < 1.29 is 4.79 Å². The topological polar surface area (TPSA) is 94.7 Å². The summed E-state index contributed by atoms with van der Waals surface area (Å²) in [6.45, 7) is 5.47. The van der Waals surface area contributed by atoms with Crippen molar-refractivity contribution in [3.8, 4) is 10.6 Å². The van der Waals surface area contributed by atoms with Gasteiger partial charge < -0.3 is 9.88 Å². The predicted octanol–water partition coefficient (Wildman–Crippen LogP) is 3.97. The number of aromatic nitrogens is 5. The van der Waals surface area contributed by atoms with Crippen LogP contribution in [-0.2, 0) is 14.1 Å². The number of carbonyl (C=O) groups is 1. The number of aryl methyl sites for hydroxylation is 4. The molecule has 0 bridgehead atoms. The number of amides is 1. The molecule has 0 fully saturated rings. The lowest BCUT2D eigenvalue weighted by Crippen LogP contribution is -2.23. The fourth-order valence-corrected chi connectivity index (χ4v) is 5.02. The van der Waals surface area contributed by atoms with Crippen molar-refractivity contribution in [2.24, 2.45) is 14.1 Å². The maximum atomic E-state index is 12.9. The fraction of sp³-hybridized carbons (Fsp3) is 0.227. The highest BCUT2D eigenvalue weighted by molar-refractivity contribution is 7.99. The zero-order valence-electron chi connectivity index (χ0n) is 18.3. The molecule has 8 nitrogen and oxygen atoms in total. The lowest BCUT2D eigenvalue weighted by Gasteiger charge is -2.07. The van der Waals surface area contributed by atoms with Crippen LogP contribution in [0.2, 0.25) is 0 Å². The molecule has 10 heteroatoms. The Morgan fingerprint density at radius 2 is 1.81 bits per heavy atom. The largest absolute Gasteiger partial charge is 0.329 e. The highest BCUT2D eigenvalue weighted by Crippen LogP contribution is 2.30. The summed E-state index contributed by atoms with van der Waals surface area (Å²) in [6.07, 6.45) is 3.65. The minimum atomic E-state index is -0.254. The van der Waals surface area contributed by atoms with E-state index in [1.165, 1.54) is 16.0 Å². The second-order valence-electron chi connectivity index (χ2n) is 7.35. The van der Waals surface area contributed by atoms with E-state index < -0.39 is 0 Å². The lowest BCUT2D eigenvalue weighted by atomic mass is 10.1. The molecule has 1 aromatic carbocycles. The molecule has 32 heavy (non-hydrogen) atoms. The highest BCUT2D eigenvalue weighted by Gasteiger charge is 2.21. The summed E-state index contributed by atoms with van der Waals surface area (Å²) < 4.78 is 3.25. The van der Waals surface area contributed by atoms with Crippen LogP contribution in [-0.4, -0.2) is 30.2 Å². The minimum Gasteiger partial charge on any atom is -0.329 e. The second kappa shape index (κ2) is 8.71. The molecule has 1 amide bonds. The van der Waals surface area contributed by atoms with E-state index in [4.69, 9.17) is 0 Å². The predicted molar refractivity (Wildman–Crippen MR) is 127 cm³/mol. The molecule has 4 aromatic rings. The maximum absolute atomic E-state index is 12.9. The number of benzene rings is 1. The molecule has 4 rings (SSSR count). The van der Waals surface area contributed by atoms with E-state index in [1.54, 1.807) is 31.9 Å². The lowest BCUT2D eigenvalue weighted by molar-refractivity contribution is 0.103. The normalized spacial score (nSPS) is 11.0. The Kier molecular flexibility index (Phi) is 5.98. The number of hydrogen-bond donors (Lipinski definition) is 1. The smallest absolute Gasteiger partial charge is 0.277 e. The average Bonchev–Trinajstić information content (AvgIpc) is 3.33. The van der Waals surface area contributed by atoms with Crippen LogP contribution in [0.1, 0.15) is 26.6 Å². The third-order valence-electron chi connectivity index (χ3n) is 5.04. The van der Waals surface area contributed by atoms with Crippen LogP contribution in [0.25, 0.3) is 10.6 Å². The highest BCUT2D eigenvalue weighted by atomic mass is 32.2. The third-order valence-corrected chi connectivity index (χ3v) is 7.30. The fourth-order valence-electron chi connectivity index (χ4n) is 3.16. The van der Waals surface area contributed by atoms with Crippen molar-refractivity contribution in [1.29, 1.82) is 0 Å². The van der Waals surface area contributed by atoms with Gasteiger partial charge in [0.25, 0.3) is 11.5 Å². The number of hydrogen-bond acceptors (Lipinski definition) is 7. The Morgan fingerprint density at radius 1 is 1.09 bits per heavy atom. The van der Waals surface area contributed by atoms with E-state index in [0.717, 1.165) is 21.3 Å². The standard InChI is InChI=1S/C22H22N6O2S2/c1-12-13(2)26-28(5)21(30)17(12)20-24-14(3)18(32-20)19(29)25-15-6-8-16(9-7-15)31-22-23-10-11-27(22)4/h6-11H,1-5H3,(H,25,29). The summed E-state index contributed by atoms with van der Waals surface area (Å²) >= 11 is 2.76. The van der Waals surface area contributed by atoms with E-state index >= 15 is 0 Å². The summed E-state index contributed by atoms with van der Waals surface area (Å²) in [6, 6.07) is 7.58. The van der Waals surface area contributed by atoms with E-state index in [-0.39, 0.29) is 11.5 Å². The summed E-state index contributed by atoms with van der Waals surface area (Å²) in [7, 11) is 3.56. The second-order valence-corrected chi connectivity index (χ2v) is 9.39. The van der Waals surface area contributed by atoms with Crippen molar-refractivity contribution in [3.05, 3.63) is 68.8 Å². The molecule has 0 saturated heterocycles. The van der Waals surface area contributed by atoms with E-state index in [1.807, 2.05) is 55.9 Å². The molecule has 1 N–H and O–H groups in total. The Morgan fingerprint density at radius 3 is 2.47 bits per heavy atom. The van der Waals surface area contributed by atoms with E-state index in [9.17, 15) is 9.59 Å². The van der Waals surface area contributed by atoms with Gasteiger partial charge in [-0.15, -0.1) is 11.3 Å². The Labute approximate surface area is 193 Å². The van der Waals surface area contributed by atoms with Gasteiger partial charge in [-0.1, -0.05) is 11.8 Å². The molecule has 0 saturated carbocycles. The molecule has 3 aromatic heterocycles. The van der Waals surface area contributed by atoms with E-state index in [0.29, 0.717) is 26.8 Å². The number of imidazole rings is 1. The van der Waals surface area contributed by atoms with Crippen LogP contribution in [0.5, 0.6) is 0 Å². The Balaban J connectivity index is 1.55. The quantitative estimate of drug-likeness (QED) is 0.478. The number of nitrogens with zero attached hydrogens (tertiary/aromatic N) is 5. The van der Waals surface area contributed by atoms with Gasteiger partial charge in [0.15, 0.2) is 5.16 Å². The summed E-state index contributed by atoms with van der Waals surface area (Å²) in [5.74, 6) is -0.254. The van der Waals surface area contributed by atoms with Gasteiger partial charge in [0.2, 0.25) is 0 Å². The van der Waals surface area contributed by atoms with Crippen LogP contribution in [0.15, 0.2) is 51.5 Å². The average molecular weight is 467 g/mol. The van der Waals surface area contributed by atoms with Gasteiger partial charge in [-0.3, -0.25) is 9.59 Å². The molecular weight excluding hydrogens is 444 g/mol. The molecule has 164 valence electrons. The molecule has 0 radical (unpaired) electrons. The SMILES string of the molecule is Cc1nc(-c2c(C)c(C)nn(C)c2=O)sc1C(=O)Nc1ccc(Sc2nccn2C)cc1. The first-order valence-corrected chi connectivity index (χ1v) is 11.5. The molecule has 0 atom stereocenters. The summed E-state index contributed by atoms with van der Waals surface area (Å²) in [5, 5.41) is 8.54. The van der Waals surface area contributed by atoms with Gasteiger partial charge in [0.05, 0.1) is 17.0 Å². The van der Waals surface area contributed by atoms with Gasteiger partial charge in [-0.25, -0.2) is 14.6 Å². The van der Waals surface area contributed by atoms with Crippen LogP contribution < -0.4 is 10.9 Å².